The summed E-state index contributed by atoms with van der Waals surface area (Å²) < 4.78 is 2.08. The van der Waals surface area contributed by atoms with Crippen molar-refractivity contribution in [2.45, 2.75) is 20.8 Å². The summed E-state index contributed by atoms with van der Waals surface area (Å²) in [5.41, 5.74) is 7.46. The molecule has 1 saturated heterocycles. The largest absolute Gasteiger partial charge is 0.319 e. The molecule has 1 aromatic heterocycles. The van der Waals surface area contributed by atoms with Gasteiger partial charge in [-0.3, -0.25) is 19.3 Å². The number of carbonyl (C=O) groups is 3. The van der Waals surface area contributed by atoms with Crippen molar-refractivity contribution >= 4 is 47.0 Å². The van der Waals surface area contributed by atoms with Gasteiger partial charge in [0.05, 0.1) is 5.69 Å². The topological polar surface area (TPSA) is 95.8 Å². The molecule has 0 aliphatic carbocycles. The average molecular weight is 474 g/mol. The predicted octanol–water partition coefficient (Wildman–Crippen LogP) is 3.18. The second-order valence-electron chi connectivity index (χ2n) is 8.00. The summed E-state index contributed by atoms with van der Waals surface area (Å²) in [4.78, 5) is 39.0. The summed E-state index contributed by atoms with van der Waals surface area (Å²) in [6.45, 7) is 5.95. The Balaban J connectivity index is 1.45. The Morgan fingerprint density at radius 1 is 0.941 bits per heavy atom. The fraction of sp³-hybridized carbons (Fsp3) is 0.160. The lowest BCUT2D eigenvalue weighted by Crippen LogP contribution is -2.58. The molecular weight excluding hydrogens is 450 g/mol. The van der Waals surface area contributed by atoms with E-state index < -0.39 is 23.6 Å². The highest BCUT2D eigenvalue weighted by Gasteiger charge is 2.38. The molecule has 2 heterocycles. The summed E-state index contributed by atoms with van der Waals surface area (Å²) in [6.07, 6.45) is 1.11. The number of nitrogens with zero attached hydrogens (tertiary/aromatic N) is 3. The molecule has 0 unspecified atom stereocenters. The molecule has 8 nitrogen and oxygen atoms in total. The number of hydrogen-bond acceptors (Lipinski definition) is 5. The van der Waals surface area contributed by atoms with Crippen LogP contribution < -0.4 is 15.6 Å². The molecule has 0 saturated carbocycles. The van der Waals surface area contributed by atoms with Gasteiger partial charge in [0, 0.05) is 28.9 Å². The first kappa shape index (κ1) is 23.1. The Morgan fingerprint density at radius 2 is 1.53 bits per heavy atom. The maximum absolute atomic E-state index is 13.0. The van der Waals surface area contributed by atoms with Gasteiger partial charge in [-0.25, -0.2) is 5.43 Å². The second-order valence-corrected chi connectivity index (χ2v) is 8.39. The highest BCUT2D eigenvalue weighted by atomic mass is 32.1. The van der Waals surface area contributed by atoms with Gasteiger partial charge in [-0.15, -0.1) is 0 Å². The Hall–Kier alpha value is -4.11. The minimum Gasteiger partial charge on any atom is -0.319 e. The van der Waals surface area contributed by atoms with Crippen molar-refractivity contribution in [3.05, 3.63) is 83.2 Å². The SMILES string of the molecule is Cc1ccc(N2C(=O)[C@H](/C=N/NC(=O)c3ccc(-n4c(C)ccc4C)cc3)C(=O)NC2=S)cc1. The smallest absolute Gasteiger partial charge is 0.271 e. The number of aryl methyl sites for hydroxylation is 3. The van der Waals surface area contributed by atoms with Gasteiger partial charge in [-0.1, -0.05) is 17.7 Å². The highest BCUT2D eigenvalue weighted by molar-refractivity contribution is 7.80. The van der Waals surface area contributed by atoms with E-state index in [1.165, 1.54) is 4.90 Å². The van der Waals surface area contributed by atoms with Gasteiger partial charge in [-0.2, -0.15) is 5.10 Å². The number of anilines is 1. The van der Waals surface area contributed by atoms with Crippen LogP contribution in [0.1, 0.15) is 27.3 Å². The zero-order valence-corrected chi connectivity index (χ0v) is 19.7. The van der Waals surface area contributed by atoms with Crippen LogP contribution >= 0.6 is 12.2 Å². The van der Waals surface area contributed by atoms with Crippen molar-refractivity contribution in [1.29, 1.82) is 0 Å². The first-order valence-corrected chi connectivity index (χ1v) is 11.0. The van der Waals surface area contributed by atoms with Crippen LogP contribution in [-0.4, -0.2) is 33.6 Å². The quantitative estimate of drug-likeness (QED) is 0.258. The van der Waals surface area contributed by atoms with E-state index >= 15 is 0 Å². The third-order valence-electron chi connectivity index (χ3n) is 5.54. The van der Waals surface area contributed by atoms with Crippen molar-refractivity contribution in [1.82, 2.24) is 15.3 Å². The molecule has 3 amide bonds. The van der Waals surface area contributed by atoms with Crippen LogP contribution in [0.2, 0.25) is 0 Å². The Kier molecular flexibility index (Phi) is 6.38. The fourth-order valence-electron chi connectivity index (χ4n) is 3.73. The van der Waals surface area contributed by atoms with Crippen molar-refractivity contribution in [2.75, 3.05) is 4.90 Å². The van der Waals surface area contributed by atoms with Crippen LogP contribution in [0.5, 0.6) is 0 Å². The summed E-state index contributed by atoms with van der Waals surface area (Å²) in [7, 11) is 0. The van der Waals surface area contributed by atoms with Crippen molar-refractivity contribution in [2.24, 2.45) is 11.0 Å². The number of thiocarbonyl (C=S) groups is 1. The minimum absolute atomic E-state index is 0.000735. The monoisotopic (exact) mass is 473 g/mol. The van der Waals surface area contributed by atoms with Crippen molar-refractivity contribution < 1.29 is 14.4 Å². The number of rotatable bonds is 5. The van der Waals surface area contributed by atoms with Crippen LogP contribution in [-0.2, 0) is 9.59 Å². The lowest BCUT2D eigenvalue weighted by atomic mass is 10.1. The zero-order chi connectivity index (χ0) is 24.4. The number of hydrogen-bond donors (Lipinski definition) is 2. The molecule has 3 aromatic rings. The fourth-order valence-corrected chi connectivity index (χ4v) is 4.03. The molecule has 0 radical (unpaired) electrons. The number of hydrazone groups is 1. The van der Waals surface area contributed by atoms with Gasteiger partial charge in [-0.05, 0) is 81.5 Å². The molecule has 1 aliphatic heterocycles. The Labute approximate surface area is 202 Å². The minimum atomic E-state index is -1.23. The first-order chi connectivity index (χ1) is 16.3. The van der Waals surface area contributed by atoms with Crippen LogP contribution in [0.15, 0.2) is 65.8 Å². The molecule has 2 aromatic carbocycles. The van der Waals surface area contributed by atoms with E-state index in [9.17, 15) is 14.4 Å². The second kappa shape index (κ2) is 9.40. The van der Waals surface area contributed by atoms with Crippen molar-refractivity contribution in [3.63, 3.8) is 0 Å². The molecule has 4 rings (SSSR count). The maximum Gasteiger partial charge on any atom is 0.271 e. The maximum atomic E-state index is 13.0. The number of carbonyl (C=O) groups excluding carboxylic acids is 3. The number of nitrogens with one attached hydrogen (secondary N) is 2. The Morgan fingerprint density at radius 3 is 2.15 bits per heavy atom. The molecule has 9 heteroatoms. The molecule has 1 aliphatic rings. The lowest BCUT2D eigenvalue weighted by molar-refractivity contribution is -0.130. The molecule has 1 fully saturated rings. The van der Waals surface area contributed by atoms with E-state index in [0.717, 1.165) is 28.9 Å². The van der Waals surface area contributed by atoms with E-state index in [-0.39, 0.29) is 5.11 Å². The summed E-state index contributed by atoms with van der Waals surface area (Å²) in [6, 6.07) is 18.3. The number of amides is 3. The van der Waals surface area contributed by atoms with Crippen LogP contribution in [0.3, 0.4) is 0 Å². The highest BCUT2D eigenvalue weighted by Crippen LogP contribution is 2.21. The first-order valence-electron chi connectivity index (χ1n) is 10.6. The molecule has 2 N–H and O–H groups in total. The number of aromatic nitrogens is 1. The van der Waals surface area contributed by atoms with Gasteiger partial charge in [0.1, 0.15) is 0 Å². The summed E-state index contributed by atoms with van der Waals surface area (Å²) >= 11 is 5.18. The van der Waals surface area contributed by atoms with Gasteiger partial charge in [0.25, 0.3) is 11.8 Å². The molecule has 34 heavy (non-hydrogen) atoms. The molecule has 1 atom stereocenters. The van der Waals surface area contributed by atoms with Gasteiger partial charge >= 0.3 is 0 Å². The van der Waals surface area contributed by atoms with E-state index in [4.69, 9.17) is 12.2 Å². The normalized spacial score (nSPS) is 16.1. The zero-order valence-electron chi connectivity index (χ0n) is 18.9. The van der Waals surface area contributed by atoms with Gasteiger partial charge < -0.3 is 9.88 Å². The summed E-state index contributed by atoms with van der Waals surface area (Å²) in [5, 5.41) is 6.37. The third-order valence-corrected chi connectivity index (χ3v) is 5.83. The van der Waals surface area contributed by atoms with E-state index in [0.29, 0.717) is 11.3 Å². The molecule has 0 bridgehead atoms. The molecule has 172 valence electrons. The van der Waals surface area contributed by atoms with Crippen LogP contribution in [0.4, 0.5) is 5.69 Å². The van der Waals surface area contributed by atoms with E-state index in [1.54, 1.807) is 24.3 Å². The molecular formula is C25H23N5O3S. The van der Waals surface area contributed by atoms with Gasteiger partial charge in [0.15, 0.2) is 11.0 Å². The van der Waals surface area contributed by atoms with Crippen LogP contribution in [0, 0.1) is 26.7 Å². The average Bonchev–Trinajstić information content (AvgIpc) is 3.15. The lowest BCUT2D eigenvalue weighted by Gasteiger charge is -2.30. The van der Waals surface area contributed by atoms with Crippen molar-refractivity contribution in [3.8, 4) is 5.69 Å². The standard InChI is InChI=1S/C25H23N5O3S/c1-15-4-10-20(11-5-15)30-24(33)21(23(32)27-25(30)34)14-26-28-22(31)18-8-12-19(13-9-18)29-16(2)6-7-17(29)3/h4-14,21H,1-3H3,(H,28,31)(H,27,32,34)/b26-14+/t21-/m1/s1. The van der Waals surface area contributed by atoms with E-state index in [1.807, 2.05) is 57.2 Å². The summed E-state index contributed by atoms with van der Waals surface area (Å²) in [5.74, 6) is -2.83. The third kappa shape index (κ3) is 4.51. The van der Waals surface area contributed by atoms with Crippen LogP contribution in [0.25, 0.3) is 5.69 Å². The molecule has 0 spiro atoms. The van der Waals surface area contributed by atoms with E-state index in [2.05, 4.69) is 20.4 Å². The van der Waals surface area contributed by atoms with Gasteiger partial charge in [0.2, 0.25) is 5.91 Å². The predicted molar refractivity (Wildman–Crippen MR) is 134 cm³/mol. The number of benzene rings is 2. The Bertz CT molecular complexity index is 1290.